The molecule has 106 valence electrons. The van der Waals surface area contributed by atoms with Crippen molar-refractivity contribution < 1.29 is 4.79 Å². The van der Waals surface area contributed by atoms with Crippen molar-refractivity contribution in [1.82, 2.24) is 9.88 Å². The fraction of sp³-hybridized carbons (Fsp3) is 0.333. The number of anilines is 1. The Bertz CT molecular complexity index is 577. The third-order valence-electron chi connectivity index (χ3n) is 3.26. The number of nitrogens with two attached hydrogens (primary N) is 1. The lowest BCUT2D eigenvalue weighted by Crippen LogP contribution is -2.26. The zero-order valence-electron chi connectivity index (χ0n) is 11.8. The monoisotopic (exact) mass is 289 g/mol. The van der Waals surface area contributed by atoms with E-state index in [4.69, 9.17) is 5.73 Å². The molecule has 0 bridgehead atoms. The van der Waals surface area contributed by atoms with Gasteiger partial charge in [0, 0.05) is 24.0 Å². The summed E-state index contributed by atoms with van der Waals surface area (Å²) in [7, 11) is 1.84. The highest BCUT2D eigenvalue weighted by atomic mass is 32.1. The van der Waals surface area contributed by atoms with Crippen LogP contribution in [0.4, 0.5) is 5.69 Å². The molecule has 1 aromatic carbocycles. The number of carbonyl (C=O) groups excluding carboxylic acids is 1. The Morgan fingerprint density at radius 2 is 2.05 bits per heavy atom. The Labute approximate surface area is 123 Å². The van der Waals surface area contributed by atoms with E-state index >= 15 is 0 Å². The summed E-state index contributed by atoms with van der Waals surface area (Å²) >= 11 is 1.59. The molecule has 0 saturated carbocycles. The van der Waals surface area contributed by atoms with Crippen molar-refractivity contribution in [3.63, 3.8) is 0 Å². The maximum absolute atomic E-state index is 12.1. The quantitative estimate of drug-likeness (QED) is 0.861. The third-order valence-corrected chi connectivity index (χ3v) is 4.18. The van der Waals surface area contributed by atoms with Gasteiger partial charge in [-0.25, -0.2) is 4.98 Å². The summed E-state index contributed by atoms with van der Waals surface area (Å²) in [5.74, 6) is 0.148. The molecule has 2 N–H and O–H groups in total. The maximum atomic E-state index is 12.1. The first-order chi connectivity index (χ1) is 9.56. The van der Waals surface area contributed by atoms with Crippen LogP contribution >= 0.6 is 11.3 Å². The highest BCUT2D eigenvalue weighted by molar-refractivity contribution is 7.09. The molecule has 1 amide bonds. The van der Waals surface area contributed by atoms with Gasteiger partial charge in [-0.3, -0.25) is 4.79 Å². The Morgan fingerprint density at radius 1 is 1.35 bits per heavy atom. The second kappa shape index (κ2) is 6.52. The molecule has 4 nitrogen and oxygen atoms in total. The van der Waals surface area contributed by atoms with Crippen LogP contribution in [0.2, 0.25) is 0 Å². The summed E-state index contributed by atoms with van der Waals surface area (Å²) in [5, 5.41) is 0. The number of hydrogen-bond donors (Lipinski definition) is 1. The molecule has 0 aliphatic carbocycles. The molecule has 0 saturated heterocycles. The molecule has 0 unspecified atom stereocenters. The van der Waals surface area contributed by atoms with Crippen LogP contribution in [0.3, 0.4) is 0 Å². The maximum Gasteiger partial charge on any atom is 0.222 e. The van der Waals surface area contributed by atoms with Crippen LogP contribution in [0.1, 0.15) is 22.6 Å². The van der Waals surface area contributed by atoms with Gasteiger partial charge >= 0.3 is 0 Å². The van der Waals surface area contributed by atoms with E-state index in [1.807, 2.05) is 43.7 Å². The third kappa shape index (κ3) is 3.81. The lowest BCUT2D eigenvalue weighted by atomic mass is 10.1. The van der Waals surface area contributed by atoms with Crippen molar-refractivity contribution >= 4 is 22.9 Å². The number of hydrogen-bond acceptors (Lipinski definition) is 4. The van der Waals surface area contributed by atoms with Crippen LogP contribution in [-0.2, 0) is 17.8 Å². The van der Waals surface area contributed by atoms with Crippen molar-refractivity contribution in [1.29, 1.82) is 0 Å². The Kier molecular flexibility index (Phi) is 4.74. The number of nitrogen functional groups attached to an aromatic ring is 1. The van der Waals surface area contributed by atoms with E-state index in [0.29, 0.717) is 13.0 Å². The molecule has 5 heteroatoms. The minimum Gasteiger partial charge on any atom is -0.399 e. The van der Waals surface area contributed by atoms with Crippen LogP contribution < -0.4 is 5.73 Å². The minimum atomic E-state index is 0.148. The molecule has 0 spiro atoms. The lowest BCUT2D eigenvalue weighted by Gasteiger charge is -2.16. The number of nitrogens with zero attached hydrogens (tertiary/aromatic N) is 2. The molecule has 0 fully saturated rings. The van der Waals surface area contributed by atoms with E-state index in [1.165, 1.54) is 0 Å². The van der Waals surface area contributed by atoms with Crippen molar-refractivity contribution in [3.8, 4) is 0 Å². The van der Waals surface area contributed by atoms with E-state index in [-0.39, 0.29) is 5.91 Å². The molecule has 20 heavy (non-hydrogen) atoms. The summed E-state index contributed by atoms with van der Waals surface area (Å²) in [4.78, 5) is 19.2. The zero-order valence-corrected chi connectivity index (χ0v) is 12.6. The zero-order chi connectivity index (χ0) is 14.5. The van der Waals surface area contributed by atoms with E-state index < -0.39 is 0 Å². The van der Waals surface area contributed by atoms with Gasteiger partial charge < -0.3 is 10.6 Å². The highest BCUT2D eigenvalue weighted by Gasteiger charge is 2.11. The van der Waals surface area contributed by atoms with E-state index in [1.54, 1.807) is 16.2 Å². The Balaban J connectivity index is 1.85. The molecule has 1 heterocycles. The molecule has 0 aliphatic rings. The van der Waals surface area contributed by atoms with Crippen LogP contribution in [0, 0.1) is 6.92 Å². The smallest absolute Gasteiger partial charge is 0.222 e. The summed E-state index contributed by atoms with van der Waals surface area (Å²) in [6, 6.07) is 7.67. The molecule has 0 aliphatic heterocycles. The van der Waals surface area contributed by atoms with Crippen LogP contribution in [0.5, 0.6) is 0 Å². The van der Waals surface area contributed by atoms with E-state index in [9.17, 15) is 4.79 Å². The first-order valence-electron chi connectivity index (χ1n) is 6.53. The van der Waals surface area contributed by atoms with Gasteiger partial charge in [0.15, 0.2) is 0 Å². The lowest BCUT2D eigenvalue weighted by molar-refractivity contribution is -0.130. The highest BCUT2D eigenvalue weighted by Crippen LogP contribution is 2.15. The van der Waals surface area contributed by atoms with Gasteiger partial charge in [0.2, 0.25) is 5.91 Å². The second-order valence-corrected chi connectivity index (χ2v) is 5.79. The summed E-state index contributed by atoms with van der Waals surface area (Å²) < 4.78 is 0. The first kappa shape index (κ1) is 14.5. The summed E-state index contributed by atoms with van der Waals surface area (Å²) in [6.45, 7) is 2.61. The van der Waals surface area contributed by atoms with Crippen LogP contribution in [0.25, 0.3) is 0 Å². The first-order valence-corrected chi connectivity index (χ1v) is 7.41. The van der Waals surface area contributed by atoms with Gasteiger partial charge in [-0.15, -0.1) is 11.3 Å². The van der Waals surface area contributed by atoms with Gasteiger partial charge in [-0.2, -0.15) is 0 Å². The molecule has 2 aromatic rings. The van der Waals surface area contributed by atoms with Gasteiger partial charge in [-0.1, -0.05) is 12.1 Å². The average molecular weight is 289 g/mol. The average Bonchev–Trinajstić information content (AvgIpc) is 2.83. The fourth-order valence-electron chi connectivity index (χ4n) is 1.91. The number of aryl methyl sites for hydroxylation is 2. The van der Waals surface area contributed by atoms with Crippen LogP contribution in [-0.4, -0.2) is 22.8 Å². The minimum absolute atomic E-state index is 0.148. The summed E-state index contributed by atoms with van der Waals surface area (Å²) in [5.41, 5.74) is 10.3. The van der Waals surface area contributed by atoms with E-state index in [2.05, 4.69) is 4.98 Å². The fourth-order valence-corrected chi connectivity index (χ4v) is 2.74. The van der Waals surface area contributed by atoms with Gasteiger partial charge in [0.25, 0.3) is 0 Å². The number of rotatable bonds is 5. The molecule has 2 rings (SSSR count). The van der Waals surface area contributed by atoms with Crippen molar-refractivity contribution in [2.45, 2.75) is 26.3 Å². The topological polar surface area (TPSA) is 59.2 Å². The predicted octanol–water partition coefficient (Wildman–Crippen LogP) is 2.62. The van der Waals surface area contributed by atoms with Crippen molar-refractivity contribution in [2.75, 3.05) is 12.8 Å². The van der Waals surface area contributed by atoms with Gasteiger partial charge in [0.05, 0.1) is 17.7 Å². The number of benzene rings is 1. The molecular formula is C15H19N3OS. The number of thiazole rings is 1. The SMILES string of the molecule is Cc1ncsc1CN(C)C(=O)CCc1ccc(N)cc1. The standard InChI is InChI=1S/C15H19N3OS/c1-11-14(20-10-17-11)9-18(2)15(19)8-5-12-3-6-13(16)7-4-12/h3-4,6-7,10H,5,8-9,16H2,1-2H3. The predicted molar refractivity (Wildman–Crippen MR) is 82.5 cm³/mol. The second-order valence-electron chi connectivity index (χ2n) is 4.85. The normalized spacial score (nSPS) is 10.5. The van der Waals surface area contributed by atoms with Gasteiger partial charge in [0.1, 0.15) is 0 Å². The van der Waals surface area contributed by atoms with Crippen molar-refractivity contribution in [3.05, 3.63) is 45.9 Å². The Hall–Kier alpha value is -1.88. The van der Waals surface area contributed by atoms with Crippen LogP contribution in [0.15, 0.2) is 29.8 Å². The Morgan fingerprint density at radius 3 is 2.65 bits per heavy atom. The largest absolute Gasteiger partial charge is 0.399 e. The van der Waals surface area contributed by atoms with Crippen molar-refractivity contribution in [2.24, 2.45) is 0 Å². The summed E-state index contributed by atoms with van der Waals surface area (Å²) in [6.07, 6.45) is 1.25. The molecule has 0 atom stereocenters. The molecular weight excluding hydrogens is 270 g/mol. The molecule has 1 aromatic heterocycles. The van der Waals surface area contributed by atoms with Gasteiger partial charge in [-0.05, 0) is 31.0 Å². The number of amides is 1. The molecule has 0 radical (unpaired) electrons. The number of aromatic nitrogens is 1. The number of carbonyl (C=O) groups is 1. The van der Waals surface area contributed by atoms with E-state index in [0.717, 1.165) is 28.2 Å².